The Morgan fingerprint density at radius 1 is 0.690 bits per heavy atom. The van der Waals surface area contributed by atoms with Crippen molar-refractivity contribution < 1.29 is 4.42 Å². The summed E-state index contributed by atoms with van der Waals surface area (Å²) < 4.78 is 6.60. The van der Waals surface area contributed by atoms with Crippen molar-refractivity contribution in [1.29, 1.82) is 10.5 Å². The molecule has 6 aromatic rings. The zero-order chi connectivity index (χ0) is 28.4. The van der Waals surface area contributed by atoms with Crippen LogP contribution in [0.4, 0.5) is 17.1 Å². The Morgan fingerprint density at radius 2 is 1.36 bits per heavy atom. The van der Waals surface area contributed by atoms with E-state index in [1.807, 2.05) is 49.4 Å². The second kappa shape index (κ2) is 9.37. The van der Waals surface area contributed by atoms with Gasteiger partial charge in [0.15, 0.2) is 5.58 Å². The van der Waals surface area contributed by atoms with E-state index in [1.54, 1.807) is 0 Å². The first-order valence-corrected chi connectivity index (χ1v) is 14.5. The van der Waals surface area contributed by atoms with E-state index in [9.17, 15) is 10.5 Å². The van der Waals surface area contributed by atoms with E-state index in [1.165, 1.54) is 11.1 Å². The molecule has 1 aromatic heterocycles. The second-order valence-corrected chi connectivity index (χ2v) is 11.5. The fraction of sp³-hybridized carbons (Fsp3) is 0.158. The molecular formula is C38H27N3O. The topological polar surface area (TPSA) is 64.0 Å². The Kier molecular flexibility index (Phi) is 5.46. The normalized spacial score (nSPS) is 16.8. The first-order chi connectivity index (χ1) is 20.7. The van der Waals surface area contributed by atoms with Gasteiger partial charge >= 0.3 is 0 Å². The van der Waals surface area contributed by atoms with Crippen molar-refractivity contribution in [3.63, 3.8) is 0 Å². The average Bonchev–Trinajstić information content (AvgIpc) is 3.77. The number of hydrogen-bond donors (Lipinski definition) is 0. The van der Waals surface area contributed by atoms with E-state index in [2.05, 4.69) is 71.6 Å². The lowest BCUT2D eigenvalue weighted by Gasteiger charge is -2.33. The van der Waals surface area contributed by atoms with Gasteiger partial charge in [0.05, 0.1) is 28.2 Å². The first-order valence-electron chi connectivity index (χ1n) is 14.5. The van der Waals surface area contributed by atoms with Crippen LogP contribution in [0.25, 0.3) is 33.1 Å². The number of anilines is 3. The lowest BCUT2D eigenvalue weighted by Crippen LogP contribution is -2.19. The molecule has 2 atom stereocenters. The van der Waals surface area contributed by atoms with E-state index >= 15 is 0 Å². The van der Waals surface area contributed by atoms with Crippen LogP contribution in [-0.4, -0.2) is 0 Å². The van der Waals surface area contributed by atoms with Crippen molar-refractivity contribution in [2.45, 2.75) is 38.0 Å². The van der Waals surface area contributed by atoms with Gasteiger partial charge in [-0.25, -0.2) is 0 Å². The Bertz CT molecular complexity index is 2130. The molecule has 1 heterocycles. The summed E-state index contributed by atoms with van der Waals surface area (Å²) in [7, 11) is 0. The van der Waals surface area contributed by atoms with Crippen LogP contribution in [0.2, 0.25) is 0 Å². The molecule has 2 unspecified atom stereocenters. The second-order valence-electron chi connectivity index (χ2n) is 11.5. The molecule has 0 amide bonds. The monoisotopic (exact) mass is 541 g/mol. The zero-order valence-electron chi connectivity index (χ0n) is 23.3. The van der Waals surface area contributed by atoms with Crippen molar-refractivity contribution in [3.05, 3.63) is 125 Å². The molecule has 1 saturated carbocycles. The molecule has 1 fully saturated rings. The summed E-state index contributed by atoms with van der Waals surface area (Å²) in [5.41, 5.74) is 10.8. The number of furan rings is 1. The first kappa shape index (κ1) is 24.5. The molecule has 0 saturated heterocycles. The summed E-state index contributed by atoms with van der Waals surface area (Å²) in [5, 5.41) is 23.3. The van der Waals surface area contributed by atoms with Gasteiger partial charge in [0.2, 0.25) is 0 Å². The van der Waals surface area contributed by atoms with Crippen LogP contribution in [0.5, 0.6) is 0 Å². The molecule has 2 aliphatic rings. The number of hydrogen-bond acceptors (Lipinski definition) is 4. The Labute approximate surface area is 244 Å². The molecule has 4 nitrogen and oxygen atoms in total. The fourth-order valence-electron chi connectivity index (χ4n) is 7.64. The molecule has 2 bridgehead atoms. The van der Waals surface area contributed by atoms with Crippen LogP contribution in [-0.2, 0) is 0 Å². The van der Waals surface area contributed by atoms with Gasteiger partial charge in [0, 0.05) is 16.3 Å². The quantitative estimate of drug-likeness (QED) is 0.223. The highest BCUT2D eigenvalue weighted by molar-refractivity contribution is 6.11. The van der Waals surface area contributed by atoms with Crippen molar-refractivity contribution in [2.24, 2.45) is 0 Å². The van der Waals surface area contributed by atoms with Crippen LogP contribution >= 0.6 is 0 Å². The summed E-state index contributed by atoms with van der Waals surface area (Å²) in [6.07, 6.45) is 3.31. The zero-order valence-corrected chi connectivity index (χ0v) is 23.3. The standard InChI is InChI=1S/C38H27N3O/c1-23-30(21-39)31(22-40)37(36-26-19-18-25(20-26)35(23)36)41(32-15-7-5-12-27(32)24-10-3-2-4-11-24)33-16-9-14-29-28-13-6-8-17-34(28)42-38(29)33/h2-17,25-26H,18-20H2,1H3. The minimum atomic E-state index is 0.361. The highest BCUT2D eigenvalue weighted by Gasteiger charge is 2.43. The molecule has 4 heteroatoms. The Balaban J connectivity index is 1.54. The van der Waals surface area contributed by atoms with Crippen LogP contribution in [0.1, 0.15) is 58.9 Å². The fourth-order valence-corrected chi connectivity index (χ4v) is 7.64. The van der Waals surface area contributed by atoms with E-state index < -0.39 is 0 Å². The van der Waals surface area contributed by atoms with Gasteiger partial charge in [-0.15, -0.1) is 0 Å². The number of benzene rings is 5. The van der Waals surface area contributed by atoms with Crippen LogP contribution < -0.4 is 4.90 Å². The Morgan fingerprint density at radius 3 is 2.17 bits per heavy atom. The van der Waals surface area contributed by atoms with E-state index in [0.717, 1.165) is 75.0 Å². The third kappa shape index (κ3) is 3.39. The summed E-state index contributed by atoms with van der Waals surface area (Å²) >= 11 is 0. The predicted octanol–water partition coefficient (Wildman–Crippen LogP) is 10.1. The SMILES string of the molecule is Cc1c(C#N)c(C#N)c(N(c2ccccc2-c2ccccc2)c2cccc3c2oc2ccccc23)c2c1C1CCC2C1. The molecule has 8 rings (SSSR count). The Hall–Kier alpha value is -5.32. The third-order valence-corrected chi connectivity index (χ3v) is 9.36. The van der Waals surface area contributed by atoms with Crippen LogP contribution in [0.15, 0.2) is 101 Å². The van der Waals surface area contributed by atoms with Gasteiger partial charge in [-0.3, -0.25) is 0 Å². The lowest BCUT2D eigenvalue weighted by atomic mass is 9.82. The van der Waals surface area contributed by atoms with Gasteiger partial charge in [-0.05, 0) is 78.5 Å². The van der Waals surface area contributed by atoms with Crippen molar-refractivity contribution in [2.75, 3.05) is 4.90 Å². The maximum Gasteiger partial charge on any atom is 0.159 e. The largest absolute Gasteiger partial charge is 0.454 e. The molecule has 2 aliphatic carbocycles. The van der Waals surface area contributed by atoms with E-state index in [-0.39, 0.29) is 0 Å². The van der Waals surface area contributed by atoms with Crippen molar-refractivity contribution in [1.82, 2.24) is 0 Å². The maximum absolute atomic E-state index is 10.8. The van der Waals surface area contributed by atoms with Gasteiger partial charge < -0.3 is 9.32 Å². The van der Waals surface area contributed by atoms with Gasteiger partial charge in [0.25, 0.3) is 0 Å². The predicted molar refractivity (Wildman–Crippen MR) is 167 cm³/mol. The number of rotatable bonds is 4. The molecule has 0 radical (unpaired) electrons. The molecule has 0 aliphatic heterocycles. The summed E-state index contributed by atoms with van der Waals surface area (Å²) in [5.74, 6) is 0.789. The van der Waals surface area contributed by atoms with Crippen LogP contribution in [0.3, 0.4) is 0 Å². The minimum absolute atomic E-state index is 0.361. The highest BCUT2D eigenvalue weighted by Crippen LogP contribution is 2.60. The maximum atomic E-state index is 10.8. The summed E-state index contributed by atoms with van der Waals surface area (Å²) in [6.45, 7) is 2.03. The third-order valence-electron chi connectivity index (χ3n) is 9.36. The van der Waals surface area contributed by atoms with Crippen LogP contribution in [0, 0.1) is 29.6 Å². The average molecular weight is 542 g/mol. The van der Waals surface area contributed by atoms with E-state index in [4.69, 9.17) is 4.42 Å². The number of fused-ring (bicyclic) bond motifs is 8. The number of nitrogens with zero attached hydrogens (tertiary/aromatic N) is 3. The van der Waals surface area contributed by atoms with Gasteiger partial charge in [-0.1, -0.05) is 78.9 Å². The molecule has 200 valence electrons. The minimum Gasteiger partial charge on any atom is -0.454 e. The van der Waals surface area contributed by atoms with E-state index in [0.29, 0.717) is 23.0 Å². The molecular weight excluding hydrogens is 514 g/mol. The summed E-state index contributed by atoms with van der Waals surface area (Å²) in [6, 6.07) is 38.0. The molecule has 42 heavy (non-hydrogen) atoms. The molecule has 0 spiro atoms. The lowest BCUT2D eigenvalue weighted by molar-refractivity contribution is 0.669. The molecule has 0 N–H and O–H groups in total. The molecule has 5 aromatic carbocycles. The smallest absolute Gasteiger partial charge is 0.159 e. The van der Waals surface area contributed by atoms with Gasteiger partial charge in [-0.2, -0.15) is 10.5 Å². The number of nitriles is 2. The van der Waals surface area contributed by atoms with Crippen molar-refractivity contribution >= 4 is 39.0 Å². The number of para-hydroxylation sites is 3. The van der Waals surface area contributed by atoms with Crippen molar-refractivity contribution in [3.8, 4) is 23.3 Å². The summed E-state index contributed by atoms with van der Waals surface area (Å²) in [4.78, 5) is 2.23. The van der Waals surface area contributed by atoms with Gasteiger partial charge in [0.1, 0.15) is 17.7 Å². The highest BCUT2D eigenvalue weighted by atomic mass is 16.3.